The molecule has 0 spiro atoms. The van der Waals surface area contributed by atoms with Crippen LogP contribution in [-0.2, 0) is 11.3 Å². The number of hydrogen-bond donors (Lipinski definition) is 3. The minimum atomic E-state index is -0.122. The largest absolute Gasteiger partial charge is 0.457 e. The number of nitrogens with zero attached hydrogens (tertiary/aromatic N) is 2. The van der Waals surface area contributed by atoms with E-state index in [0.717, 1.165) is 31.5 Å². The van der Waals surface area contributed by atoms with Crippen LogP contribution in [0.5, 0.6) is 11.5 Å². The van der Waals surface area contributed by atoms with Gasteiger partial charge in [0.15, 0.2) is 0 Å². The van der Waals surface area contributed by atoms with Crippen LogP contribution in [-0.4, -0.2) is 64.8 Å². The van der Waals surface area contributed by atoms with Crippen molar-refractivity contribution in [2.45, 2.75) is 72.5 Å². The van der Waals surface area contributed by atoms with E-state index in [-0.39, 0.29) is 25.2 Å². The van der Waals surface area contributed by atoms with Crippen molar-refractivity contribution in [2.75, 3.05) is 19.6 Å². The molecule has 226 valence electrons. The van der Waals surface area contributed by atoms with E-state index in [1.165, 1.54) is 0 Å². The summed E-state index contributed by atoms with van der Waals surface area (Å²) in [6.45, 7) is 13.5. The number of carbonyl (C=O) groups is 2. The summed E-state index contributed by atoms with van der Waals surface area (Å²) < 4.78 is 6.32. The average molecular weight is 574 g/mol. The quantitative estimate of drug-likeness (QED) is 0.274. The molecule has 0 saturated carbocycles. The molecule has 3 N–H and O–H groups in total. The highest BCUT2D eigenvalue weighted by molar-refractivity contribution is 6.10. The Labute approximate surface area is 251 Å². The molecule has 2 saturated heterocycles. The van der Waals surface area contributed by atoms with Crippen molar-refractivity contribution in [2.24, 2.45) is 11.8 Å². The monoisotopic (exact) mass is 573 g/mol. The minimum absolute atomic E-state index is 0. The fraction of sp³-hybridized carbons (Fsp3) is 0.471. The van der Waals surface area contributed by atoms with Gasteiger partial charge in [-0.05, 0) is 92.6 Å². The van der Waals surface area contributed by atoms with Crippen LogP contribution in [0.25, 0.3) is 0 Å². The van der Waals surface area contributed by atoms with E-state index in [1.807, 2.05) is 43.0 Å². The summed E-state index contributed by atoms with van der Waals surface area (Å²) in [4.78, 5) is 30.1. The van der Waals surface area contributed by atoms with E-state index in [2.05, 4.69) is 31.0 Å². The van der Waals surface area contributed by atoms with Gasteiger partial charge in [-0.1, -0.05) is 26.8 Å². The zero-order chi connectivity index (χ0) is 30.4. The molecule has 0 aliphatic carbocycles. The highest BCUT2D eigenvalue weighted by Gasteiger charge is 2.28. The standard InChI is InChI=1S/C34H45N5O3.H2/c1-22(2)30(35)12-13-31(36)25-8-10-29(11-9-25)42-32-19-26(6-7-27(32)21-39-20-24(5)18-33(39)40)34(41)37-28-14-16-38(17-15-28)23(3)4;/h6-13,19,22-24,28,35-36H,14-18,20-21H2,1-5H3,(H,37,41);1H/b13-12-,35-30?,36-31?;/t24-;/m0./s1. The second-order valence-electron chi connectivity index (χ2n) is 12.3. The number of hydrogen-bond acceptors (Lipinski definition) is 6. The zero-order valence-corrected chi connectivity index (χ0v) is 25.6. The summed E-state index contributed by atoms with van der Waals surface area (Å²) in [6, 6.07) is 13.3. The smallest absolute Gasteiger partial charge is 0.251 e. The number of allylic oxidation sites excluding steroid dienone is 2. The molecule has 0 aromatic heterocycles. The lowest BCUT2D eigenvalue weighted by Gasteiger charge is -2.34. The van der Waals surface area contributed by atoms with Crippen molar-refractivity contribution in [3.8, 4) is 11.5 Å². The molecule has 42 heavy (non-hydrogen) atoms. The fourth-order valence-electron chi connectivity index (χ4n) is 5.37. The van der Waals surface area contributed by atoms with Gasteiger partial charge in [-0.15, -0.1) is 0 Å². The maximum atomic E-state index is 13.3. The van der Waals surface area contributed by atoms with E-state index in [9.17, 15) is 9.59 Å². The van der Waals surface area contributed by atoms with Crippen molar-refractivity contribution in [3.05, 3.63) is 71.3 Å². The Balaban J connectivity index is 0.00000506. The maximum absolute atomic E-state index is 13.3. The number of carbonyl (C=O) groups excluding carboxylic acids is 2. The van der Waals surface area contributed by atoms with Crippen LogP contribution < -0.4 is 10.1 Å². The number of nitrogens with one attached hydrogen (secondary N) is 3. The minimum Gasteiger partial charge on any atom is -0.457 e. The summed E-state index contributed by atoms with van der Waals surface area (Å²) in [7, 11) is 0. The van der Waals surface area contributed by atoms with Crippen LogP contribution in [0.4, 0.5) is 0 Å². The van der Waals surface area contributed by atoms with Crippen LogP contribution in [0.15, 0.2) is 54.6 Å². The van der Waals surface area contributed by atoms with Crippen molar-refractivity contribution >= 4 is 23.2 Å². The number of piperidine rings is 1. The van der Waals surface area contributed by atoms with Gasteiger partial charge >= 0.3 is 0 Å². The third-order valence-electron chi connectivity index (χ3n) is 8.14. The zero-order valence-electron chi connectivity index (χ0n) is 25.6. The van der Waals surface area contributed by atoms with Gasteiger partial charge < -0.3 is 30.7 Å². The highest BCUT2D eigenvalue weighted by Crippen LogP contribution is 2.30. The number of likely N-dealkylation sites (tertiary alicyclic amines) is 2. The van der Waals surface area contributed by atoms with Crippen LogP contribution in [0.1, 0.15) is 76.8 Å². The van der Waals surface area contributed by atoms with Crippen molar-refractivity contribution in [1.29, 1.82) is 10.8 Å². The van der Waals surface area contributed by atoms with E-state index < -0.39 is 0 Å². The molecule has 2 amide bonds. The number of ether oxygens (including phenoxy) is 1. The van der Waals surface area contributed by atoms with E-state index in [4.69, 9.17) is 15.6 Å². The van der Waals surface area contributed by atoms with Crippen molar-refractivity contribution in [3.63, 3.8) is 0 Å². The Bertz CT molecular complexity index is 1330. The summed E-state index contributed by atoms with van der Waals surface area (Å²) in [5.41, 5.74) is 2.86. The molecule has 0 unspecified atom stereocenters. The molecule has 2 aliphatic heterocycles. The third kappa shape index (κ3) is 8.16. The number of rotatable bonds is 11. The predicted molar refractivity (Wildman–Crippen MR) is 170 cm³/mol. The first kappa shape index (κ1) is 31.2. The number of amides is 2. The van der Waals surface area contributed by atoms with Crippen LogP contribution in [0.2, 0.25) is 0 Å². The maximum Gasteiger partial charge on any atom is 0.251 e. The third-order valence-corrected chi connectivity index (χ3v) is 8.14. The van der Waals surface area contributed by atoms with Gasteiger partial charge in [0.05, 0.1) is 5.71 Å². The Morgan fingerprint density at radius 1 is 1.05 bits per heavy atom. The predicted octanol–water partition coefficient (Wildman–Crippen LogP) is 6.30. The van der Waals surface area contributed by atoms with E-state index in [0.29, 0.717) is 65.5 Å². The van der Waals surface area contributed by atoms with Gasteiger partial charge in [0.2, 0.25) is 5.91 Å². The lowest BCUT2D eigenvalue weighted by molar-refractivity contribution is -0.128. The Hall–Kier alpha value is -3.78. The molecule has 0 bridgehead atoms. The Kier molecular flexibility index (Phi) is 10.3. The summed E-state index contributed by atoms with van der Waals surface area (Å²) in [6.07, 6.45) is 5.70. The van der Waals surface area contributed by atoms with E-state index in [1.54, 1.807) is 30.4 Å². The van der Waals surface area contributed by atoms with Crippen LogP contribution >= 0.6 is 0 Å². The van der Waals surface area contributed by atoms with E-state index >= 15 is 0 Å². The van der Waals surface area contributed by atoms with Crippen LogP contribution in [0.3, 0.4) is 0 Å². The van der Waals surface area contributed by atoms with Gasteiger partial charge in [-0.3, -0.25) is 9.59 Å². The van der Waals surface area contributed by atoms with Gasteiger partial charge in [0.1, 0.15) is 11.5 Å². The van der Waals surface area contributed by atoms with Crippen molar-refractivity contribution in [1.82, 2.24) is 15.1 Å². The van der Waals surface area contributed by atoms with Gasteiger partial charge in [0, 0.05) is 62.9 Å². The molecule has 4 rings (SSSR count). The molecular weight excluding hydrogens is 526 g/mol. The molecular formula is C34H47N5O3. The lowest BCUT2D eigenvalue weighted by atomic mass is 10.0. The molecule has 8 nitrogen and oxygen atoms in total. The molecule has 1 atom stereocenters. The molecule has 0 radical (unpaired) electrons. The van der Waals surface area contributed by atoms with Crippen LogP contribution in [0, 0.1) is 22.7 Å². The first-order chi connectivity index (χ1) is 20.0. The molecule has 2 aromatic carbocycles. The SMILES string of the molecule is CC(C)C(=N)/C=C\C(=N)c1ccc(Oc2cc(C(=O)NC3CCN(C(C)C)CC3)ccc2CN2C[C@@H](C)CC2=O)cc1.[HH]. The van der Waals surface area contributed by atoms with Gasteiger partial charge in [-0.25, -0.2) is 0 Å². The van der Waals surface area contributed by atoms with Crippen molar-refractivity contribution < 1.29 is 15.8 Å². The molecule has 2 heterocycles. The summed E-state index contributed by atoms with van der Waals surface area (Å²) >= 11 is 0. The Morgan fingerprint density at radius 3 is 2.31 bits per heavy atom. The lowest BCUT2D eigenvalue weighted by Crippen LogP contribution is -2.46. The molecule has 2 fully saturated rings. The van der Waals surface area contributed by atoms with Gasteiger partial charge in [-0.2, -0.15) is 0 Å². The molecule has 2 aliphatic rings. The number of benzene rings is 2. The first-order valence-electron chi connectivity index (χ1n) is 15.1. The topological polar surface area (TPSA) is 110 Å². The summed E-state index contributed by atoms with van der Waals surface area (Å²) in [5.74, 6) is 1.54. The second kappa shape index (κ2) is 13.9. The fourth-order valence-corrected chi connectivity index (χ4v) is 5.37. The molecule has 8 heteroatoms. The normalized spacial score (nSPS) is 18.3. The average Bonchev–Trinajstić information content (AvgIpc) is 3.28. The Morgan fingerprint density at radius 2 is 1.71 bits per heavy atom. The summed E-state index contributed by atoms with van der Waals surface area (Å²) in [5, 5.41) is 19.5. The highest BCUT2D eigenvalue weighted by atomic mass is 16.5. The second-order valence-corrected chi connectivity index (χ2v) is 12.3. The molecule has 2 aromatic rings. The van der Waals surface area contributed by atoms with Gasteiger partial charge in [0.25, 0.3) is 5.91 Å². The first-order valence-corrected chi connectivity index (χ1v) is 15.1.